The number of nitrogens with zero attached hydrogens (tertiary/aromatic N) is 3. The second kappa shape index (κ2) is 9.38. The van der Waals surface area contributed by atoms with Crippen molar-refractivity contribution < 1.29 is 9.47 Å². The van der Waals surface area contributed by atoms with E-state index in [1.807, 2.05) is 67.8 Å². The van der Waals surface area contributed by atoms with Crippen molar-refractivity contribution in [3.05, 3.63) is 89.0 Å². The van der Waals surface area contributed by atoms with Crippen LogP contribution in [-0.2, 0) is 17.8 Å². The summed E-state index contributed by atoms with van der Waals surface area (Å²) < 4.78 is 13.7. The van der Waals surface area contributed by atoms with Crippen molar-refractivity contribution in [1.82, 2.24) is 14.5 Å². The highest BCUT2D eigenvalue weighted by Crippen LogP contribution is 2.40. The fraction of sp³-hybridized carbons (Fsp3) is 0.259. The molecule has 3 heterocycles. The average Bonchev–Trinajstić information content (AvgIpc) is 3.42. The maximum absolute atomic E-state index is 6.46. The second-order valence-corrected chi connectivity index (χ2v) is 8.76. The lowest BCUT2D eigenvalue weighted by Gasteiger charge is -2.18. The number of imidazole rings is 1. The van der Waals surface area contributed by atoms with E-state index >= 15 is 0 Å². The summed E-state index contributed by atoms with van der Waals surface area (Å²) in [6.07, 6.45) is 5.59. The fourth-order valence-electron chi connectivity index (χ4n) is 4.39. The maximum Gasteiger partial charge on any atom is 0.118 e. The van der Waals surface area contributed by atoms with Crippen LogP contribution in [0, 0.1) is 6.92 Å². The number of aryl methyl sites for hydroxylation is 2. The largest absolute Gasteiger partial charge is 0.497 e. The summed E-state index contributed by atoms with van der Waals surface area (Å²) in [5, 5.41) is 0.751. The van der Waals surface area contributed by atoms with Crippen LogP contribution in [0.2, 0.25) is 5.02 Å². The van der Waals surface area contributed by atoms with Crippen LogP contribution < -0.4 is 4.74 Å². The smallest absolute Gasteiger partial charge is 0.118 e. The van der Waals surface area contributed by atoms with E-state index in [4.69, 9.17) is 26.1 Å². The summed E-state index contributed by atoms with van der Waals surface area (Å²) >= 11 is 6.46. The van der Waals surface area contributed by atoms with Crippen LogP contribution in [-0.4, -0.2) is 28.3 Å². The number of pyridine rings is 1. The SMILES string of the molecule is COc1ccc(COC[C@@H]2CCc3nc(-c4ccc(C)c(Cl)c4)c(-c4ccncc4)n32)cc1. The van der Waals surface area contributed by atoms with Gasteiger partial charge in [0.15, 0.2) is 0 Å². The summed E-state index contributed by atoms with van der Waals surface area (Å²) in [6.45, 7) is 3.20. The minimum atomic E-state index is 0.226. The first-order chi connectivity index (χ1) is 16.1. The van der Waals surface area contributed by atoms with Gasteiger partial charge in [0, 0.05) is 35.0 Å². The number of halogens is 1. The molecule has 0 N–H and O–H groups in total. The number of fused-ring (bicyclic) bond motifs is 1. The molecule has 2 aromatic heterocycles. The first-order valence-corrected chi connectivity index (χ1v) is 11.5. The molecule has 0 aliphatic carbocycles. The molecule has 5 nitrogen and oxygen atoms in total. The van der Waals surface area contributed by atoms with Gasteiger partial charge in [-0.1, -0.05) is 35.9 Å². The zero-order valence-corrected chi connectivity index (χ0v) is 19.5. The van der Waals surface area contributed by atoms with Crippen LogP contribution in [0.3, 0.4) is 0 Å². The van der Waals surface area contributed by atoms with Crippen LogP contribution in [0.4, 0.5) is 0 Å². The molecule has 33 heavy (non-hydrogen) atoms. The third-order valence-electron chi connectivity index (χ3n) is 6.19. The molecule has 0 bridgehead atoms. The Balaban J connectivity index is 1.45. The van der Waals surface area contributed by atoms with Gasteiger partial charge in [0.05, 0.1) is 37.8 Å². The molecule has 168 valence electrons. The molecule has 5 rings (SSSR count). The quantitative estimate of drug-likeness (QED) is 0.326. The van der Waals surface area contributed by atoms with E-state index in [1.165, 1.54) is 0 Å². The number of hydrogen-bond acceptors (Lipinski definition) is 4. The Morgan fingerprint density at radius 2 is 1.82 bits per heavy atom. The summed E-state index contributed by atoms with van der Waals surface area (Å²) in [5.74, 6) is 1.94. The zero-order valence-electron chi connectivity index (χ0n) is 18.8. The number of benzene rings is 2. The lowest BCUT2D eigenvalue weighted by atomic mass is 10.0. The Kier molecular flexibility index (Phi) is 6.16. The fourth-order valence-corrected chi connectivity index (χ4v) is 4.57. The molecule has 6 heteroatoms. The van der Waals surface area contributed by atoms with Crippen molar-refractivity contribution >= 4 is 11.6 Å². The van der Waals surface area contributed by atoms with Crippen LogP contribution in [0.1, 0.15) is 29.4 Å². The van der Waals surface area contributed by atoms with E-state index in [1.54, 1.807) is 7.11 Å². The Morgan fingerprint density at radius 1 is 1.03 bits per heavy atom. The molecule has 2 aromatic carbocycles. The highest BCUT2D eigenvalue weighted by molar-refractivity contribution is 6.31. The van der Waals surface area contributed by atoms with Crippen LogP contribution in [0.15, 0.2) is 67.0 Å². The topological polar surface area (TPSA) is 49.2 Å². The molecular weight excluding hydrogens is 434 g/mol. The van der Waals surface area contributed by atoms with Gasteiger partial charge in [-0.05, 0) is 54.8 Å². The van der Waals surface area contributed by atoms with Gasteiger partial charge in [0.2, 0.25) is 0 Å². The molecule has 0 radical (unpaired) electrons. The van der Waals surface area contributed by atoms with E-state index in [0.29, 0.717) is 13.2 Å². The van der Waals surface area contributed by atoms with E-state index in [2.05, 4.69) is 15.6 Å². The molecule has 1 aliphatic heterocycles. The molecule has 4 aromatic rings. The van der Waals surface area contributed by atoms with Gasteiger partial charge in [0.1, 0.15) is 11.6 Å². The average molecular weight is 460 g/mol. The molecule has 1 atom stereocenters. The van der Waals surface area contributed by atoms with Gasteiger partial charge >= 0.3 is 0 Å². The number of rotatable bonds is 7. The normalized spacial score (nSPS) is 14.9. The second-order valence-electron chi connectivity index (χ2n) is 8.35. The Hall–Kier alpha value is -3.15. The van der Waals surface area contributed by atoms with Gasteiger partial charge in [-0.15, -0.1) is 0 Å². The van der Waals surface area contributed by atoms with Crippen molar-refractivity contribution in [2.75, 3.05) is 13.7 Å². The summed E-state index contributed by atoms with van der Waals surface area (Å²) in [5.41, 5.74) is 6.36. The predicted octanol–water partition coefficient (Wildman–Crippen LogP) is 6.29. The first-order valence-electron chi connectivity index (χ1n) is 11.1. The highest BCUT2D eigenvalue weighted by Gasteiger charge is 2.30. The molecule has 0 saturated heterocycles. The molecular formula is C27H26ClN3O2. The van der Waals surface area contributed by atoms with Crippen LogP contribution >= 0.6 is 11.6 Å². The molecule has 0 fully saturated rings. The third-order valence-corrected chi connectivity index (χ3v) is 6.59. The number of aromatic nitrogens is 3. The van der Waals surface area contributed by atoms with Gasteiger partial charge < -0.3 is 14.0 Å². The van der Waals surface area contributed by atoms with Crippen molar-refractivity contribution in [2.24, 2.45) is 0 Å². The third kappa shape index (κ3) is 4.39. The standard InChI is InChI=1S/C27H26ClN3O2/c1-18-3-6-21(15-24(18)28)26-27(20-11-13-29-14-12-20)31-22(7-10-25(31)30-26)17-33-16-19-4-8-23(32-2)9-5-19/h3-6,8-9,11-15,22H,7,10,16-17H2,1-2H3/t22-/m0/s1. The first kappa shape index (κ1) is 21.7. The van der Waals surface area contributed by atoms with Crippen LogP contribution in [0.5, 0.6) is 5.75 Å². The van der Waals surface area contributed by atoms with E-state index in [9.17, 15) is 0 Å². The van der Waals surface area contributed by atoms with Crippen molar-refractivity contribution in [3.8, 4) is 28.3 Å². The summed E-state index contributed by atoms with van der Waals surface area (Å²) in [6, 6.07) is 18.5. The van der Waals surface area contributed by atoms with E-state index in [0.717, 1.165) is 63.1 Å². The van der Waals surface area contributed by atoms with Crippen LogP contribution in [0.25, 0.3) is 22.5 Å². The minimum absolute atomic E-state index is 0.226. The molecule has 0 amide bonds. The van der Waals surface area contributed by atoms with E-state index < -0.39 is 0 Å². The molecule has 1 aliphatic rings. The maximum atomic E-state index is 6.46. The Bertz CT molecular complexity index is 1250. The lowest BCUT2D eigenvalue weighted by molar-refractivity contribution is 0.0925. The minimum Gasteiger partial charge on any atom is -0.497 e. The van der Waals surface area contributed by atoms with Crippen molar-refractivity contribution in [2.45, 2.75) is 32.4 Å². The Morgan fingerprint density at radius 3 is 2.55 bits per heavy atom. The predicted molar refractivity (Wildman–Crippen MR) is 131 cm³/mol. The number of hydrogen-bond donors (Lipinski definition) is 0. The van der Waals surface area contributed by atoms with Gasteiger partial charge in [-0.2, -0.15) is 0 Å². The summed E-state index contributed by atoms with van der Waals surface area (Å²) in [4.78, 5) is 9.27. The van der Waals surface area contributed by atoms with Crippen molar-refractivity contribution in [1.29, 1.82) is 0 Å². The zero-order chi connectivity index (χ0) is 22.8. The summed E-state index contributed by atoms with van der Waals surface area (Å²) in [7, 11) is 1.67. The molecule has 0 spiro atoms. The Labute approximate surface area is 199 Å². The number of ether oxygens (including phenoxy) is 2. The highest BCUT2D eigenvalue weighted by atomic mass is 35.5. The van der Waals surface area contributed by atoms with Gasteiger partial charge in [0.25, 0.3) is 0 Å². The monoisotopic (exact) mass is 459 g/mol. The molecule has 0 saturated carbocycles. The molecule has 0 unspecified atom stereocenters. The lowest BCUT2D eigenvalue weighted by Crippen LogP contribution is -2.13. The van der Waals surface area contributed by atoms with Gasteiger partial charge in [-0.25, -0.2) is 4.98 Å². The van der Waals surface area contributed by atoms with Crippen molar-refractivity contribution in [3.63, 3.8) is 0 Å². The van der Waals surface area contributed by atoms with E-state index in [-0.39, 0.29) is 6.04 Å². The number of methoxy groups -OCH3 is 1. The van der Waals surface area contributed by atoms with Gasteiger partial charge in [-0.3, -0.25) is 4.98 Å².